The highest BCUT2D eigenvalue weighted by atomic mass is 32.2. The molecule has 10 nitrogen and oxygen atoms in total. The lowest BCUT2D eigenvalue weighted by Crippen LogP contribution is -2.55. The number of nitrogens with one attached hydrogen (secondary N) is 3. The second-order valence-corrected chi connectivity index (χ2v) is 12.8. The molecule has 4 atom stereocenters. The van der Waals surface area contributed by atoms with Gasteiger partial charge in [0.1, 0.15) is 17.4 Å². The molecule has 2 aromatic carbocycles. The van der Waals surface area contributed by atoms with E-state index in [1.54, 1.807) is 13.2 Å². The van der Waals surface area contributed by atoms with Crippen LogP contribution in [-0.2, 0) is 19.6 Å². The molecule has 2 heterocycles. The quantitative estimate of drug-likeness (QED) is 0.314. The first-order chi connectivity index (χ1) is 19.7. The zero-order valence-corrected chi connectivity index (χ0v) is 23.4. The number of fused-ring (bicyclic) bond motifs is 1. The fourth-order valence-corrected chi connectivity index (χ4v) is 6.70. The maximum Gasteiger partial charge on any atom is 0.259 e. The van der Waals surface area contributed by atoms with Crippen LogP contribution in [0.25, 0.3) is 22.0 Å². The average molecular weight is 577 g/mol. The number of hydrogen-bond acceptors (Lipinski definition) is 8. The van der Waals surface area contributed by atoms with Gasteiger partial charge in [-0.2, -0.15) is 0 Å². The maximum atomic E-state index is 13.3. The summed E-state index contributed by atoms with van der Waals surface area (Å²) in [5.41, 5.74) is 0.350. The van der Waals surface area contributed by atoms with Crippen molar-refractivity contribution in [3.63, 3.8) is 0 Å². The molecule has 214 valence electrons. The Labute approximate surface area is 238 Å². The number of nitrogens with zero attached hydrogens (tertiary/aromatic N) is 1. The lowest BCUT2D eigenvalue weighted by molar-refractivity contribution is -0.130. The number of ether oxygens (including phenoxy) is 2. The van der Waals surface area contributed by atoms with Crippen molar-refractivity contribution in [2.45, 2.75) is 48.6 Å². The highest BCUT2D eigenvalue weighted by Gasteiger charge is 2.61. The predicted molar refractivity (Wildman–Crippen MR) is 154 cm³/mol. The Hall–Kier alpha value is -3.96. The molecule has 0 radical (unpaired) electrons. The Bertz CT molecular complexity index is 1620. The van der Waals surface area contributed by atoms with Crippen LogP contribution in [0.15, 0.2) is 67.3 Å². The SMILES string of the molecule is C=C[C@@H]1C[C@]1(NC(=O)[C@@H]1C[C@@H](Oc2nc(-c3ccc(OC)cc3)cc3ccccc23)CN1)C(=O)NS(=O)(=O)C1CC1. The number of amides is 2. The molecule has 3 fully saturated rings. The summed E-state index contributed by atoms with van der Waals surface area (Å²) in [6.07, 6.45) is 2.95. The molecular weight excluding hydrogens is 544 g/mol. The summed E-state index contributed by atoms with van der Waals surface area (Å²) in [6.45, 7) is 4.14. The third-order valence-electron chi connectivity index (χ3n) is 8.03. The minimum absolute atomic E-state index is 0.301. The molecule has 1 saturated heterocycles. The number of benzene rings is 2. The van der Waals surface area contributed by atoms with Crippen molar-refractivity contribution in [2.24, 2.45) is 5.92 Å². The van der Waals surface area contributed by atoms with Gasteiger partial charge in [0.2, 0.25) is 21.8 Å². The van der Waals surface area contributed by atoms with Gasteiger partial charge in [0.25, 0.3) is 5.91 Å². The first-order valence-corrected chi connectivity index (χ1v) is 15.2. The number of carbonyl (C=O) groups excluding carboxylic acids is 2. The Morgan fingerprint density at radius 2 is 1.90 bits per heavy atom. The van der Waals surface area contributed by atoms with E-state index in [1.165, 1.54) is 0 Å². The van der Waals surface area contributed by atoms with Gasteiger partial charge in [-0.1, -0.05) is 24.3 Å². The lowest BCUT2D eigenvalue weighted by atomic mass is 10.1. The fourth-order valence-electron chi connectivity index (χ4n) is 5.34. The van der Waals surface area contributed by atoms with E-state index < -0.39 is 32.8 Å². The highest BCUT2D eigenvalue weighted by molar-refractivity contribution is 7.91. The van der Waals surface area contributed by atoms with E-state index in [9.17, 15) is 18.0 Å². The Kier molecular flexibility index (Phi) is 6.95. The van der Waals surface area contributed by atoms with Gasteiger partial charge in [-0.3, -0.25) is 14.3 Å². The summed E-state index contributed by atoms with van der Waals surface area (Å²) in [5.74, 6) is -0.215. The molecule has 41 heavy (non-hydrogen) atoms. The molecule has 3 N–H and O–H groups in total. The number of pyridine rings is 1. The molecule has 2 aliphatic carbocycles. The molecule has 1 aliphatic heterocycles. The van der Waals surface area contributed by atoms with E-state index in [0.29, 0.717) is 38.1 Å². The molecule has 0 bridgehead atoms. The van der Waals surface area contributed by atoms with Crippen LogP contribution >= 0.6 is 0 Å². The van der Waals surface area contributed by atoms with Gasteiger partial charge in [-0.25, -0.2) is 13.4 Å². The summed E-state index contributed by atoms with van der Waals surface area (Å²) in [4.78, 5) is 31.1. The van der Waals surface area contributed by atoms with Gasteiger partial charge in [-0.05, 0) is 61.0 Å². The molecule has 0 spiro atoms. The number of rotatable bonds is 10. The van der Waals surface area contributed by atoms with Gasteiger partial charge in [0, 0.05) is 29.8 Å². The summed E-state index contributed by atoms with van der Waals surface area (Å²) in [7, 11) is -2.12. The van der Waals surface area contributed by atoms with Gasteiger partial charge < -0.3 is 20.1 Å². The molecule has 0 unspecified atom stereocenters. The number of carbonyl (C=O) groups is 2. The summed E-state index contributed by atoms with van der Waals surface area (Å²) in [6, 6.07) is 16.8. The molecule has 2 amide bonds. The van der Waals surface area contributed by atoms with E-state index >= 15 is 0 Å². The monoisotopic (exact) mass is 576 g/mol. The molecule has 3 aliphatic rings. The van der Waals surface area contributed by atoms with E-state index in [4.69, 9.17) is 14.5 Å². The minimum Gasteiger partial charge on any atom is -0.497 e. The van der Waals surface area contributed by atoms with Crippen molar-refractivity contribution in [1.82, 2.24) is 20.3 Å². The van der Waals surface area contributed by atoms with Crippen LogP contribution in [-0.4, -0.2) is 61.8 Å². The van der Waals surface area contributed by atoms with E-state index in [2.05, 4.69) is 21.9 Å². The van der Waals surface area contributed by atoms with Crippen molar-refractivity contribution in [3.8, 4) is 22.9 Å². The van der Waals surface area contributed by atoms with Crippen LogP contribution < -0.4 is 24.8 Å². The second-order valence-electron chi connectivity index (χ2n) is 10.9. The van der Waals surface area contributed by atoms with Crippen molar-refractivity contribution in [2.75, 3.05) is 13.7 Å². The van der Waals surface area contributed by atoms with Crippen LogP contribution in [0.5, 0.6) is 11.6 Å². The van der Waals surface area contributed by atoms with Gasteiger partial charge >= 0.3 is 0 Å². The van der Waals surface area contributed by atoms with Crippen LogP contribution in [0, 0.1) is 5.92 Å². The summed E-state index contributed by atoms with van der Waals surface area (Å²) < 4.78 is 38.5. The molecular formula is C30H32N4O6S. The number of hydrogen-bond donors (Lipinski definition) is 3. The Morgan fingerprint density at radius 3 is 2.59 bits per heavy atom. The van der Waals surface area contributed by atoms with Crippen molar-refractivity contribution in [1.29, 1.82) is 0 Å². The average Bonchev–Trinajstić information content (AvgIpc) is 3.90. The standard InChI is InChI=1S/C30H32N4O6S/c1-3-20-16-30(20,29(36)34-41(37,38)23-12-13-23)33-27(35)26-15-22(17-31-26)40-28-24-7-5-4-6-19(24)14-25(32-28)18-8-10-21(39-2)11-9-18/h3-11,14,20,22-23,26,31H,1,12-13,15-17H2,2H3,(H,33,35)(H,34,36)/t20-,22-,26+,30-/m1/s1. The normalized spacial score (nSPS) is 25.3. The lowest BCUT2D eigenvalue weighted by Gasteiger charge is -2.21. The first-order valence-electron chi connectivity index (χ1n) is 13.7. The van der Waals surface area contributed by atoms with Crippen LogP contribution in [0.4, 0.5) is 0 Å². The van der Waals surface area contributed by atoms with Gasteiger partial charge in [-0.15, -0.1) is 6.58 Å². The predicted octanol–water partition coefficient (Wildman–Crippen LogP) is 2.69. The van der Waals surface area contributed by atoms with Crippen molar-refractivity contribution < 1.29 is 27.5 Å². The molecule has 11 heteroatoms. The van der Waals surface area contributed by atoms with Gasteiger partial charge in [0.05, 0.1) is 24.1 Å². The first kappa shape index (κ1) is 27.2. The molecule has 3 aromatic rings. The summed E-state index contributed by atoms with van der Waals surface area (Å²) in [5, 5.41) is 7.29. The molecule has 2 saturated carbocycles. The number of aromatic nitrogens is 1. The third kappa shape index (κ3) is 5.39. The molecule has 6 rings (SSSR count). The van der Waals surface area contributed by atoms with Gasteiger partial charge in [0.15, 0.2) is 0 Å². The maximum absolute atomic E-state index is 13.3. The number of methoxy groups -OCH3 is 1. The van der Waals surface area contributed by atoms with E-state index in [0.717, 1.165) is 27.8 Å². The van der Waals surface area contributed by atoms with Crippen LogP contribution in [0.2, 0.25) is 0 Å². The third-order valence-corrected chi connectivity index (χ3v) is 9.84. The van der Waals surface area contributed by atoms with Crippen LogP contribution in [0.3, 0.4) is 0 Å². The fraction of sp³-hybridized carbons (Fsp3) is 0.367. The topological polar surface area (TPSA) is 136 Å². The van der Waals surface area contributed by atoms with Crippen molar-refractivity contribution in [3.05, 3.63) is 67.3 Å². The number of sulfonamides is 1. The van der Waals surface area contributed by atoms with Crippen molar-refractivity contribution >= 4 is 32.6 Å². The largest absolute Gasteiger partial charge is 0.497 e. The summed E-state index contributed by atoms with van der Waals surface area (Å²) >= 11 is 0. The Morgan fingerprint density at radius 1 is 1.15 bits per heavy atom. The highest BCUT2D eigenvalue weighted by Crippen LogP contribution is 2.45. The minimum atomic E-state index is -3.74. The molecule has 1 aromatic heterocycles. The van der Waals surface area contributed by atoms with Crippen LogP contribution in [0.1, 0.15) is 25.7 Å². The van der Waals surface area contributed by atoms with E-state index in [1.807, 2.05) is 54.6 Å². The Balaban J connectivity index is 1.16. The second kappa shape index (κ2) is 10.5. The zero-order chi connectivity index (χ0) is 28.8. The smallest absolute Gasteiger partial charge is 0.259 e. The zero-order valence-electron chi connectivity index (χ0n) is 22.6. The van der Waals surface area contributed by atoms with E-state index in [-0.39, 0.29) is 17.9 Å².